The van der Waals surface area contributed by atoms with E-state index >= 15 is 0 Å². The van der Waals surface area contributed by atoms with Crippen molar-refractivity contribution >= 4 is 27.6 Å². The first kappa shape index (κ1) is 61.4. The molecule has 6 N–H and O–H groups in total. The van der Waals surface area contributed by atoms with Gasteiger partial charge in [0.2, 0.25) is 0 Å². The molecule has 0 radical (unpaired) electrons. The number of carbonyl (C=O) groups is 2. The first-order chi connectivity index (χ1) is 31.2. The van der Waals surface area contributed by atoms with Gasteiger partial charge in [-0.2, -0.15) is 0 Å². The number of ether oxygens (including phenoxy) is 2. The highest BCUT2D eigenvalue weighted by Crippen LogP contribution is 2.43. The molecule has 0 saturated heterocycles. The van der Waals surface area contributed by atoms with Crippen molar-refractivity contribution in [1.29, 1.82) is 0 Å². The second-order valence-electron chi connectivity index (χ2n) is 14.6. The molecular weight excluding hydrogens is 878 g/mol. The number of aliphatic hydroxyl groups excluding tert-OH is 3. The molecule has 0 bridgehead atoms. The van der Waals surface area contributed by atoms with E-state index in [4.69, 9.17) is 23.8 Å². The molecule has 15 nitrogen and oxygen atoms in total. The van der Waals surface area contributed by atoms with Gasteiger partial charge in [-0.1, -0.05) is 148 Å². The molecule has 0 aromatic carbocycles. The number of hydrogen-bond acceptors (Lipinski definition) is 12. The molecule has 0 spiro atoms. The number of aliphatic hydroxyl groups is 3. The lowest BCUT2D eigenvalue weighted by Crippen LogP contribution is -2.29. The van der Waals surface area contributed by atoms with Gasteiger partial charge in [-0.15, -0.1) is 0 Å². The molecule has 0 saturated carbocycles. The molecule has 0 aliphatic heterocycles. The Morgan fingerprint density at radius 1 is 0.538 bits per heavy atom. The lowest BCUT2D eigenvalue weighted by Gasteiger charge is -2.20. The molecule has 0 aliphatic carbocycles. The maximum absolute atomic E-state index is 12.7. The van der Waals surface area contributed by atoms with E-state index in [0.29, 0.717) is 38.5 Å². The summed E-state index contributed by atoms with van der Waals surface area (Å²) in [6.07, 6.45) is 45.6. The summed E-state index contributed by atoms with van der Waals surface area (Å²) < 4.78 is 47.6. The third kappa shape index (κ3) is 45.4. The first-order valence-corrected chi connectivity index (χ1v) is 25.5. The smallest absolute Gasteiger partial charge is 0.462 e. The zero-order valence-corrected chi connectivity index (χ0v) is 40.0. The number of carbonyl (C=O) groups excluding carboxylic acids is 2. The van der Waals surface area contributed by atoms with Gasteiger partial charge in [-0.3, -0.25) is 23.2 Å². The topological polar surface area (TPSA) is 236 Å². The molecule has 0 fully saturated rings. The van der Waals surface area contributed by atoms with E-state index < -0.39 is 78.4 Å². The summed E-state index contributed by atoms with van der Waals surface area (Å²) >= 11 is 0. The zero-order chi connectivity index (χ0) is 48.3. The largest absolute Gasteiger partial charge is 0.472 e. The van der Waals surface area contributed by atoms with E-state index in [-0.39, 0.29) is 12.8 Å². The van der Waals surface area contributed by atoms with Gasteiger partial charge in [-0.25, -0.2) is 9.13 Å². The summed E-state index contributed by atoms with van der Waals surface area (Å²) in [5.41, 5.74) is 0. The van der Waals surface area contributed by atoms with E-state index in [1.807, 2.05) is 49.5 Å². The van der Waals surface area contributed by atoms with Crippen LogP contribution >= 0.6 is 15.6 Å². The van der Waals surface area contributed by atoms with Gasteiger partial charge in [0.15, 0.2) is 6.10 Å². The average molecular weight is 955 g/mol. The van der Waals surface area contributed by atoms with Gasteiger partial charge in [0, 0.05) is 12.8 Å². The SMILES string of the molecule is CC/C=C\C[C@@H](O)/C=C/C=C\C/C=C\C=C\[C@@H](O)/C=C\CCCC(=O)OC[C@H](COP(=O)(O)OC[C@@H](O)COP(=O)(O)O)OC(=O)CCC/C=C\C/C=C\C/C=C\C/C=C\CCCCC. The Bertz CT molecular complexity index is 1640. The van der Waals surface area contributed by atoms with E-state index in [1.54, 1.807) is 42.5 Å². The lowest BCUT2D eigenvalue weighted by molar-refractivity contribution is -0.161. The van der Waals surface area contributed by atoms with Crippen molar-refractivity contribution in [2.75, 3.05) is 26.4 Å². The quantitative estimate of drug-likeness (QED) is 0.0110. The molecule has 17 heteroatoms. The van der Waals surface area contributed by atoms with Crippen LogP contribution in [0, 0.1) is 0 Å². The molecule has 0 rings (SSSR count). The fourth-order valence-corrected chi connectivity index (χ4v) is 6.23. The molecular formula is C48H76O15P2. The highest BCUT2D eigenvalue weighted by molar-refractivity contribution is 7.47. The molecule has 0 aliphatic rings. The van der Waals surface area contributed by atoms with E-state index in [2.05, 4.69) is 52.4 Å². The Kier molecular flexibility index (Phi) is 39.5. The third-order valence-corrected chi connectivity index (χ3v) is 9.94. The Labute approximate surface area is 387 Å². The van der Waals surface area contributed by atoms with Gasteiger partial charge >= 0.3 is 27.6 Å². The molecule has 5 atom stereocenters. The fraction of sp³-hybridized carbons (Fsp3) is 0.542. The van der Waals surface area contributed by atoms with Crippen molar-refractivity contribution in [2.24, 2.45) is 0 Å². The van der Waals surface area contributed by atoms with Crippen molar-refractivity contribution in [3.63, 3.8) is 0 Å². The maximum Gasteiger partial charge on any atom is 0.472 e. The monoisotopic (exact) mass is 954 g/mol. The number of unbranched alkanes of at least 4 members (excludes halogenated alkanes) is 5. The van der Waals surface area contributed by atoms with E-state index in [1.165, 1.54) is 19.3 Å². The predicted octanol–water partition coefficient (Wildman–Crippen LogP) is 9.61. The Hall–Kier alpha value is -3.56. The number of rotatable bonds is 40. The van der Waals surface area contributed by atoms with Crippen LogP contribution in [-0.2, 0) is 41.8 Å². The van der Waals surface area contributed by atoms with Crippen LogP contribution in [0.4, 0.5) is 0 Å². The molecule has 368 valence electrons. The van der Waals surface area contributed by atoms with Crippen LogP contribution in [0.25, 0.3) is 0 Å². The molecule has 65 heavy (non-hydrogen) atoms. The van der Waals surface area contributed by atoms with Crippen molar-refractivity contribution in [3.8, 4) is 0 Å². The molecule has 0 heterocycles. The lowest BCUT2D eigenvalue weighted by atomic mass is 10.2. The van der Waals surface area contributed by atoms with Crippen molar-refractivity contribution < 1.29 is 71.8 Å². The van der Waals surface area contributed by atoms with Crippen LogP contribution in [0.15, 0.2) is 122 Å². The number of esters is 2. The van der Waals surface area contributed by atoms with Crippen LogP contribution < -0.4 is 0 Å². The number of phosphoric acid groups is 2. The Balaban J connectivity index is 4.85. The third-order valence-electron chi connectivity index (χ3n) is 8.50. The van der Waals surface area contributed by atoms with Gasteiger partial charge in [0.25, 0.3) is 0 Å². The highest BCUT2D eigenvalue weighted by Gasteiger charge is 2.28. The van der Waals surface area contributed by atoms with Gasteiger partial charge < -0.3 is 39.5 Å². The number of phosphoric ester groups is 2. The number of hydrogen-bond donors (Lipinski definition) is 6. The average Bonchev–Trinajstić information content (AvgIpc) is 3.26. The van der Waals surface area contributed by atoms with Crippen LogP contribution in [0.1, 0.15) is 117 Å². The summed E-state index contributed by atoms with van der Waals surface area (Å²) in [4.78, 5) is 52.7. The maximum atomic E-state index is 12.7. The van der Waals surface area contributed by atoms with Gasteiger partial charge in [-0.05, 0) is 77.0 Å². The minimum Gasteiger partial charge on any atom is -0.462 e. The fourth-order valence-electron chi connectivity index (χ4n) is 5.08. The zero-order valence-electron chi connectivity index (χ0n) is 38.3. The minimum absolute atomic E-state index is 0.00455. The summed E-state index contributed by atoms with van der Waals surface area (Å²) in [5.74, 6) is -1.29. The van der Waals surface area contributed by atoms with Crippen molar-refractivity contribution in [2.45, 2.75) is 141 Å². The molecule has 1 unspecified atom stereocenters. The van der Waals surface area contributed by atoms with Gasteiger partial charge in [0.1, 0.15) is 12.7 Å². The minimum atomic E-state index is -4.90. The normalized spacial score (nSPS) is 16.0. The Morgan fingerprint density at radius 2 is 1.08 bits per heavy atom. The van der Waals surface area contributed by atoms with Crippen LogP contribution in [0.3, 0.4) is 0 Å². The standard InChI is InChI=1S/C48H76O15P2/c1-3-5-7-8-9-10-11-12-13-14-15-16-17-18-22-25-31-38-48(53)63-46(42-62-65(57,58)61-40-45(51)39-60-64(54,55)56)41-59-47(52)37-32-26-30-36-44(50)35-29-24-21-19-20-23-28-34-43(49)33-27-6-4-2/h6,9-10,12-13,15-16,18,20-24,27-30,34-36,43-46,49-51H,3-5,7-8,11,14,17,19,25-26,31-33,37-42H2,1-2H3,(H,57,58)(H2,54,55,56)/b10-9-,13-12-,16-15-,22-18-,23-20-,24-21-,27-6-,34-28+,35-29+,36-30-/t43-,44-,45+,46-/m1/s1. The van der Waals surface area contributed by atoms with E-state index in [0.717, 1.165) is 32.1 Å². The van der Waals surface area contributed by atoms with Crippen molar-refractivity contribution in [1.82, 2.24) is 0 Å². The van der Waals surface area contributed by atoms with Crippen LogP contribution in [-0.4, -0.2) is 92.8 Å². The second-order valence-corrected chi connectivity index (χ2v) is 17.3. The summed E-state index contributed by atoms with van der Waals surface area (Å²) in [6, 6.07) is 0. The highest BCUT2D eigenvalue weighted by atomic mass is 31.2. The Morgan fingerprint density at radius 3 is 1.69 bits per heavy atom. The summed E-state index contributed by atoms with van der Waals surface area (Å²) in [5, 5.41) is 29.8. The summed E-state index contributed by atoms with van der Waals surface area (Å²) in [7, 11) is -9.78. The first-order valence-electron chi connectivity index (χ1n) is 22.5. The van der Waals surface area contributed by atoms with Crippen molar-refractivity contribution in [3.05, 3.63) is 122 Å². The predicted molar refractivity (Wildman–Crippen MR) is 255 cm³/mol. The van der Waals surface area contributed by atoms with Gasteiger partial charge in [0.05, 0.1) is 32.0 Å². The van der Waals surface area contributed by atoms with Crippen LogP contribution in [0.5, 0.6) is 0 Å². The summed E-state index contributed by atoms with van der Waals surface area (Å²) in [6.45, 7) is 1.24. The molecule has 0 aromatic rings. The van der Waals surface area contributed by atoms with E-state index in [9.17, 15) is 38.9 Å². The second kappa shape index (κ2) is 41.8. The van der Waals surface area contributed by atoms with Crippen LogP contribution in [0.2, 0.25) is 0 Å². The number of allylic oxidation sites excluding steroid dienone is 16. The molecule has 0 amide bonds. The molecule has 0 aromatic heterocycles.